The zero-order valence-corrected chi connectivity index (χ0v) is 11.0. The van der Waals surface area contributed by atoms with E-state index in [-0.39, 0.29) is 17.4 Å². The molecule has 1 aromatic heterocycles. The van der Waals surface area contributed by atoms with Crippen molar-refractivity contribution in [3.63, 3.8) is 0 Å². The quantitative estimate of drug-likeness (QED) is 0.706. The Morgan fingerprint density at radius 3 is 2.71 bits per heavy atom. The predicted molar refractivity (Wildman–Crippen MR) is 75.1 cm³/mol. The number of phenolic OH excluding ortho intramolecular Hbond substituents is 2. The van der Waals surface area contributed by atoms with Gasteiger partial charge >= 0.3 is 0 Å². The molecule has 0 radical (unpaired) electrons. The molecule has 1 unspecified atom stereocenters. The van der Waals surface area contributed by atoms with Gasteiger partial charge in [-0.05, 0) is 35.7 Å². The molecule has 2 N–H and O–H groups in total. The van der Waals surface area contributed by atoms with E-state index in [2.05, 4.69) is 22.3 Å². The summed E-state index contributed by atoms with van der Waals surface area (Å²) in [4.78, 5) is 4.40. The number of rotatable bonds is 2. The van der Waals surface area contributed by atoms with Crippen molar-refractivity contribution in [2.75, 3.05) is 0 Å². The molecule has 4 rings (SSSR count). The van der Waals surface area contributed by atoms with E-state index < -0.39 is 0 Å². The van der Waals surface area contributed by atoms with Crippen LogP contribution in [0.25, 0.3) is 11.5 Å². The Hall–Kier alpha value is -2.82. The van der Waals surface area contributed by atoms with Crippen molar-refractivity contribution in [2.24, 2.45) is 0 Å². The van der Waals surface area contributed by atoms with Crippen LogP contribution in [-0.4, -0.2) is 20.4 Å². The Kier molecular flexibility index (Phi) is 2.47. The average molecular weight is 280 g/mol. The summed E-state index contributed by atoms with van der Waals surface area (Å²) in [6.45, 7) is 0. The number of fused-ring (bicyclic) bond motifs is 1. The van der Waals surface area contributed by atoms with Crippen LogP contribution >= 0.6 is 0 Å². The van der Waals surface area contributed by atoms with Gasteiger partial charge < -0.3 is 14.7 Å². The highest BCUT2D eigenvalue weighted by Gasteiger charge is 2.31. The summed E-state index contributed by atoms with van der Waals surface area (Å²) < 4.78 is 5.26. The molecule has 104 valence electrons. The summed E-state index contributed by atoms with van der Waals surface area (Å²) in [6, 6.07) is 12.6. The summed E-state index contributed by atoms with van der Waals surface area (Å²) in [6.07, 6.45) is 0.913. The standard InChI is InChI=1S/C16H12N2O3/c19-13-6-5-10(8-14(13)20)16-17-15(18-21-16)12-7-9-3-1-2-4-11(9)12/h1-6,8,12,19-20H,7H2. The molecular weight excluding hydrogens is 268 g/mol. The van der Waals surface area contributed by atoms with Gasteiger partial charge in [0.15, 0.2) is 17.3 Å². The van der Waals surface area contributed by atoms with Crippen LogP contribution in [0.1, 0.15) is 22.9 Å². The van der Waals surface area contributed by atoms with E-state index in [1.807, 2.05) is 12.1 Å². The first kappa shape index (κ1) is 12.0. The molecule has 1 aliphatic carbocycles. The highest BCUT2D eigenvalue weighted by atomic mass is 16.5. The van der Waals surface area contributed by atoms with Crippen molar-refractivity contribution in [3.8, 4) is 23.0 Å². The smallest absolute Gasteiger partial charge is 0.258 e. The van der Waals surface area contributed by atoms with Crippen LogP contribution in [0.3, 0.4) is 0 Å². The van der Waals surface area contributed by atoms with Crippen molar-refractivity contribution in [2.45, 2.75) is 12.3 Å². The van der Waals surface area contributed by atoms with Gasteiger partial charge in [-0.3, -0.25) is 0 Å². The number of hydrogen-bond acceptors (Lipinski definition) is 5. The maximum Gasteiger partial charge on any atom is 0.258 e. The molecule has 0 bridgehead atoms. The highest BCUT2D eigenvalue weighted by molar-refractivity contribution is 5.59. The number of aromatic hydroxyl groups is 2. The van der Waals surface area contributed by atoms with Crippen LogP contribution in [0.15, 0.2) is 47.0 Å². The maximum absolute atomic E-state index is 9.53. The highest BCUT2D eigenvalue weighted by Crippen LogP contribution is 2.39. The lowest BCUT2D eigenvalue weighted by Gasteiger charge is -2.27. The molecule has 2 aromatic carbocycles. The molecule has 1 heterocycles. The van der Waals surface area contributed by atoms with Crippen LogP contribution in [0, 0.1) is 0 Å². The maximum atomic E-state index is 9.53. The van der Waals surface area contributed by atoms with Gasteiger partial charge in [-0.15, -0.1) is 0 Å². The van der Waals surface area contributed by atoms with Crippen LogP contribution in [-0.2, 0) is 6.42 Å². The molecule has 0 saturated carbocycles. The van der Waals surface area contributed by atoms with E-state index in [1.54, 1.807) is 6.07 Å². The molecule has 21 heavy (non-hydrogen) atoms. The monoisotopic (exact) mass is 280 g/mol. The molecule has 0 fully saturated rings. The van der Waals surface area contributed by atoms with Crippen LogP contribution in [0.5, 0.6) is 11.5 Å². The SMILES string of the molecule is Oc1ccc(-c2nc(C3Cc4ccccc43)no2)cc1O. The Morgan fingerprint density at radius 1 is 1.05 bits per heavy atom. The zero-order chi connectivity index (χ0) is 14.4. The van der Waals surface area contributed by atoms with Gasteiger partial charge in [0, 0.05) is 5.56 Å². The van der Waals surface area contributed by atoms with Crippen LogP contribution in [0.2, 0.25) is 0 Å². The first-order chi connectivity index (χ1) is 10.2. The predicted octanol–water partition coefficient (Wildman–Crippen LogP) is 2.84. The second kappa shape index (κ2) is 4.34. The molecule has 5 heteroatoms. The molecule has 0 spiro atoms. The molecule has 1 atom stereocenters. The second-order valence-electron chi connectivity index (χ2n) is 5.12. The van der Waals surface area contributed by atoms with E-state index in [1.165, 1.54) is 23.3 Å². The third-order valence-corrected chi connectivity index (χ3v) is 3.83. The van der Waals surface area contributed by atoms with E-state index >= 15 is 0 Å². The summed E-state index contributed by atoms with van der Waals surface area (Å²) in [5.74, 6) is 0.776. The Labute approximate surface area is 120 Å². The molecule has 0 aliphatic heterocycles. The molecule has 0 amide bonds. The lowest BCUT2D eigenvalue weighted by atomic mass is 9.77. The van der Waals surface area contributed by atoms with Gasteiger partial charge in [-0.1, -0.05) is 29.4 Å². The lowest BCUT2D eigenvalue weighted by molar-refractivity contribution is 0.401. The minimum Gasteiger partial charge on any atom is -0.504 e. The summed E-state index contributed by atoms with van der Waals surface area (Å²) >= 11 is 0. The molecule has 5 nitrogen and oxygen atoms in total. The number of hydrogen-bond donors (Lipinski definition) is 2. The lowest BCUT2D eigenvalue weighted by Crippen LogP contribution is -2.19. The minimum absolute atomic E-state index is 0.171. The third kappa shape index (κ3) is 1.86. The van der Waals surface area contributed by atoms with Gasteiger partial charge in [0.1, 0.15) is 0 Å². The number of aromatic nitrogens is 2. The van der Waals surface area contributed by atoms with Crippen molar-refractivity contribution in [3.05, 3.63) is 59.4 Å². The summed E-state index contributed by atoms with van der Waals surface area (Å²) in [5.41, 5.74) is 3.13. The molecule has 1 aliphatic rings. The first-order valence-electron chi connectivity index (χ1n) is 6.66. The summed E-state index contributed by atoms with van der Waals surface area (Å²) in [7, 11) is 0. The van der Waals surface area contributed by atoms with Gasteiger partial charge in [0.05, 0.1) is 5.92 Å². The fourth-order valence-electron chi connectivity index (χ4n) is 2.64. The minimum atomic E-state index is -0.207. The number of nitrogens with zero attached hydrogens (tertiary/aromatic N) is 2. The van der Waals surface area contributed by atoms with Crippen molar-refractivity contribution < 1.29 is 14.7 Å². The number of benzene rings is 2. The van der Waals surface area contributed by atoms with Gasteiger partial charge in [0.2, 0.25) is 0 Å². The van der Waals surface area contributed by atoms with Gasteiger partial charge in [-0.25, -0.2) is 0 Å². The third-order valence-electron chi connectivity index (χ3n) is 3.83. The fourth-order valence-corrected chi connectivity index (χ4v) is 2.64. The second-order valence-corrected chi connectivity index (χ2v) is 5.12. The zero-order valence-electron chi connectivity index (χ0n) is 11.0. The molecular formula is C16H12N2O3. The van der Waals surface area contributed by atoms with E-state index in [0.717, 1.165) is 6.42 Å². The van der Waals surface area contributed by atoms with E-state index in [9.17, 15) is 10.2 Å². The van der Waals surface area contributed by atoms with E-state index in [4.69, 9.17) is 4.52 Å². The normalized spacial score (nSPS) is 16.3. The largest absolute Gasteiger partial charge is 0.504 e. The van der Waals surface area contributed by atoms with Crippen LogP contribution < -0.4 is 0 Å². The fraction of sp³-hybridized carbons (Fsp3) is 0.125. The van der Waals surface area contributed by atoms with E-state index in [0.29, 0.717) is 17.3 Å². The molecule has 0 saturated heterocycles. The van der Waals surface area contributed by atoms with Gasteiger partial charge in [0.25, 0.3) is 5.89 Å². The van der Waals surface area contributed by atoms with Crippen molar-refractivity contribution in [1.29, 1.82) is 0 Å². The average Bonchev–Trinajstić information content (AvgIpc) is 2.93. The van der Waals surface area contributed by atoms with Crippen molar-refractivity contribution >= 4 is 0 Å². The Bertz CT molecular complexity index is 826. The number of phenols is 2. The summed E-state index contributed by atoms with van der Waals surface area (Å²) in [5, 5.41) is 22.9. The Balaban J connectivity index is 1.66. The van der Waals surface area contributed by atoms with Crippen molar-refractivity contribution in [1.82, 2.24) is 10.1 Å². The topological polar surface area (TPSA) is 79.4 Å². The molecule has 3 aromatic rings. The van der Waals surface area contributed by atoms with Crippen LogP contribution in [0.4, 0.5) is 0 Å². The van der Waals surface area contributed by atoms with Gasteiger partial charge in [-0.2, -0.15) is 4.98 Å². The Morgan fingerprint density at radius 2 is 1.90 bits per heavy atom. The first-order valence-corrected chi connectivity index (χ1v) is 6.66.